The number of rotatable bonds is 3. The Kier molecular flexibility index (Phi) is 3.25. The second kappa shape index (κ2) is 4.33. The zero-order valence-electron chi connectivity index (χ0n) is 10.9. The van der Waals surface area contributed by atoms with Gasteiger partial charge < -0.3 is 5.11 Å². The predicted molar refractivity (Wildman–Crippen MR) is 69.9 cm³/mol. The molecule has 18 heavy (non-hydrogen) atoms. The highest BCUT2D eigenvalue weighted by Gasteiger charge is 2.43. The molecular weight excluding hydrogens is 250 g/mol. The molecule has 0 aromatic heterocycles. The van der Waals surface area contributed by atoms with E-state index in [9.17, 15) is 13.5 Å². The van der Waals surface area contributed by atoms with Gasteiger partial charge in [-0.2, -0.15) is 4.31 Å². The fraction of sp³-hybridized carbons (Fsp3) is 0.538. The van der Waals surface area contributed by atoms with E-state index in [1.165, 1.54) is 4.31 Å². The molecule has 1 N–H and O–H groups in total. The third kappa shape index (κ3) is 2.43. The van der Waals surface area contributed by atoms with Gasteiger partial charge in [-0.05, 0) is 30.5 Å². The van der Waals surface area contributed by atoms with Crippen LogP contribution < -0.4 is 0 Å². The van der Waals surface area contributed by atoms with Gasteiger partial charge >= 0.3 is 0 Å². The summed E-state index contributed by atoms with van der Waals surface area (Å²) < 4.78 is 25.7. The SMILES string of the molecule is CC(C)c1ccc(S(=O)(=O)N2CC(C)(O)C2)cc1. The molecule has 1 aliphatic rings. The zero-order chi connectivity index (χ0) is 13.6. The molecule has 0 radical (unpaired) electrons. The second-order valence-corrected chi connectivity index (χ2v) is 7.43. The van der Waals surface area contributed by atoms with Gasteiger partial charge in [0, 0.05) is 13.1 Å². The Bertz CT molecular complexity index is 524. The van der Waals surface area contributed by atoms with Crippen molar-refractivity contribution >= 4 is 10.0 Å². The van der Waals surface area contributed by atoms with Gasteiger partial charge in [0.25, 0.3) is 0 Å². The van der Waals surface area contributed by atoms with E-state index in [1.807, 2.05) is 12.1 Å². The summed E-state index contributed by atoms with van der Waals surface area (Å²) in [5, 5.41) is 9.60. The topological polar surface area (TPSA) is 57.6 Å². The molecular formula is C13H19NO3S. The molecule has 2 rings (SSSR count). The normalized spacial score (nSPS) is 19.8. The lowest BCUT2D eigenvalue weighted by Crippen LogP contribution is -2.61. The van der Waals surface area contributed by atoms with Crippen molar-refractivity contribution < 1.29 is 13.5 Å². The van der Waals surface area contributed by atoms with Crippen LogP contribution in [0.25, 0.3) is 0 Å². The molecule has 1 heterocycles. The van der Waals surface area contributed by atoms with E-state index < -0.39 is 15.6 Å². The summed E-state index contributed by atoms with van der Waals surface area (Å²) in [4.78, 5) is 0.294. The Hall–Kier alpha value is -0.910. The van der Waals surface area contributed by atoms with Crippen LogP contribution in [-0.2, 0) is 10.0 Å². The van der Waals surface area contributed by atoms with Crippen LogP contribution in [0.5, 0.6) is 0 Å². The van der Waals surface area contributed by atoms with Crippen molar-refractivity contribution in [2.75, 3.05) is 13.1 Å². The van der Waals surface area contributed by atoms with Crippen molar-refractivity contribution in [3.05, 3.63) is 29.8 Å². The molecule has 1 fully saturated rings. The minimum Gasteiger partial charge on any atom is -0.387 e. The summed E-state index contributed by atoms with van der Waals surface area (Å²) in [5.74, 6) is 0.381. The molecule has 1 aliphatic heterocycles. The van der Waals surface area contributed by atoms with Crippen LogP contribution in [0.1, 0.15) is 32.3 Å². The summed E-state index contributed by atoms with van der Waals surface area (Å²) in [6, 6.07) is 6.96. The summed E-state index contributed by atoms with van der Waals surface area (Å²) in [6.07, 6.45) is 0. The summed E-state index contributed by atoms with van der Waals surface area (Å²) in [7, 11) is -3.44. The maximum absolute atomic E-state index is 12.2. The number of sulfonamides is 1. The third-order valence-corrected chi connectivity index (χ3v) is 5.02. The molecule has 100 valence electrons. The van der Waals surface area contributed by atoms with E-state index in [-0.39, 0.29) is 13.1 Å². The van der Waals surface area contributed by atoms with Crippen LogP contribution in [0.2, 0.25) is 0 Å². The minimum absolute atomic E-state index is 0.168. The first-order valence-electron chi connectivity index (χ1n) is 6.05. The number of aliphatic hydroxyl groups is 1. The highest BCUT2D eigenvalue weighted by Crippen LogP contribution is 2.28. The first kappa shape index (κ1) is 13.5. The van der Waals surface area contributed by atoms with Crippen molar-refractivity contribution in [2.45, 2.75) is 37.2 Å². The van der Waals surface area contributed by atoms with Crippen LogP contribution in [0.15, 0.2) is 29.2 Å². The van der Waals surface area contributed by atoms with Crippen LogP contribution >= 0.6 is 0 Å². The Morgan fingerprint density at radius 1 is 1.22 bits per heavy atom. The van der Waals surface area contributed by atoms with E-state index in [0.717, 1.165) is 5.56 Å². The van der Waals surface area contributed by atoms with E-state index in [4.69, 9.17) is 0 Å². The smallest absolute Gasteiger partial charge is 0.243 e. The Morgan fingerprint density at radius 2 is 1.72 bits per heavy atom. The molecule has 0 aliphatic carbocycles. The Labute approximate surface area is 108 Å². The van der Waals surface area contributed by atoms with Crippen LogP contribution in [-0.4, -0.2) is 36.5 Å². The second-order valence-electron chi connectivity index (χ2n) is 5.49. The average molecular weight is 269 g/mol. The van der Waals surface area contributed by atoms with Crippen LogP contribution in [0.4, 0.5) is 0 Å². The number of benzene rings is 1. The van der Waals surface area contributed by atoms with E-state index in [0.29, 0.717) is 10.8 Å². The molecule has 5 heteroatoms. The number of nitrogens with zero attached hydrogens (tertiary/aromatic N) is 1. The lowest BCUT2D eigenvalue weighted by atomic mass is 10.0. The molecule has 1 saturated heterocycles. The van der Waals surface area contributed by atoms with Crippen LogP contribution in [0, 0.1) is 0 Å². The Morgan fingerprint density at radius 3 is 2.11 bits per heavy atom. The Balaban J connectivity index is 2.21. The largest absolute Gasteiger partial charge is 0.387 e. The quantitative estimate of drug-likeness (QED) is 0.906. The highest BCUT2D eigenvalue weighted by molar-refractivity contribution is 7.89. The number of hydrogen-bond donors (Lipinski definition) is 1. The summed E-state index contributed by atoms with van der Waals surface area (Å²) >= 11 is 0. The van der Waals surface area contributed by atoms with Gasteiger partial charge in [0.2, 0.25) is 10.0 Å². The molecule has 1 aromatic rings. The maximum atomic E-state index is 12.2. The molecule has 0 amide bonds. The highest BCUT2D eigenvalue weighted by atomic mass is 32.2. The first-order chi connectivity index (χ1) is 8.22. The zero-order valence-corrected chi connectivity index (χ0v) is 11.7. The molecule has 1 aromatic carbocycles. The fourth-order valence-electron chi connectivity index (χ4n) is 2.06. The molecule has 0 spiro atoms. The van der Waals surface area contributed by atoms with E-state index in [2.05, 4.69) is 13.8 Å². The van der Waals surface area contributed by atoms with Gasteiger partial charge in [-0.1, -0.05) is 26.0 Å². The average Bonchev–Trinajstić information content (AvgIpc) is 2.26. The van der Waals surface area contributed by atoms with Crippen molar-refractivity contribution in [3.63, 3.8) is 0 Å². The van der Waals surface area contributed by atoms with Gasteiger partial charge in [0.15, 0.2) is 0 Å². The molecule has 0 unspecified atom stereocenters. The van der Waals surface area contributed by atoms with Crippen molar-refractivity contribution in [3.8, 4) is 0 Å². The van der Waals surface area contributed by atoms with Crippen molar-refractivity contribution in [2.24, 2.45) is 0 Å². The minimum atomic E-state index is -3.44. The molecule has 0 saturated carbocycles. The monoisotopic (exact) mass is 269 g/mol. The summed E-state index contributed by atoms with van der Waals surface area (Å²) in [6.45, 7) is 6.11. The first-order valence-corrected chi connectivity index (χ1v) is 7.49. The van der Waals surface area contributed by atoms with Crippen molar-refractivity contribution in [1.29, 1.82) is 0 Å². The number of β-amino-alcohol motifs (C(OH)–C–C–N with tert-alkyl or cyclic N) is 1. The van der Waals surface area contributed by atoms with Gasteiger partial charge in [0.05, 0.1) is 10.5 Å². The summed E-state index contributed by atoms with van der Waals surface area (Å²) in [5.41, 5.74) is 0.231. The van der Waals surface area contributed by atoms with Gasteiger partial charge in [0.1, 0.15) is 0 Å². The third-order valence-electron chi connectivity index (χ3n) is 3.22. The van der Waals surface area contributed by atoms with Crippen LogP contribution in [0.3, 0.4) is 0 Å². The van der Waals surface area contributed by atoms with Gasteiger partial charge in [-0.25, -0.2) is 8.42 Å². The van der Waals surface area contributed by atoms with Gasteiger partial charge in [-0.15, -0.1) is 0 Å². The molecule has 4 nitrogen and oxygen atoms in total. The predicted octanol–water partition coefficient (Wildman–Crippen LogP) is 1.57. The van der Waals surface area contributed by atoms with Gasteiger partial charge in [-0.3, -0.25) is 0 Å². The lowest BCUT2D eigenvalue weighted by molar-refractivity contribution is -0.0426. The maximum Gasteiger partial charge on any atom is 0.243 e. The molecule has 0 bridgehead atoms. The lowest BCUT2D eigenvalue weighted by Gasteiger charge is -2.42. The van der Waals surface area contributed by atoms with E-state index >= 15 is 0 Å². The number of hydrogen-bond acceptors (Lipinski definition) is 3. The fourth-order valence-corrected chi connectivity index (χ4v) is 3.73. The van der Waals surface area contributed by atoms with Crippen molar-refractivity contribution in [1.82, 2.24) is 4.31 Å². The molecule has 0 atom stereocenters. The standard InChI is InChI=1S/C13H19NO3S/c1-10(2)11-4-6-12(7-5-11)18(16,17)14-8-13(3,15)9-14/h4-7,10,15H,8-9H2,1-3H3. The van der Waals surface area contributed by atoms with E-state index in [1.54, 1.807) is 19.1 Å².